The number of piperidine rings is 1. The molecule has 3 nitrogen and oxygen atoms in total. The number of hydrogen-bond donors (Lipinski definition) is 1. The molecule has 1 aromatic carbocycles. The maximum atomic E-state index is 5.43. The van der Waals surface area contributed by atoms with Crippen molar-refractivity contribution in [2.75, 3.05) is 33.8 Å². The van der Waals surface area contributed by atoms with Crippen LogP contribution in [0.25, 0.3) is 0 Å². The first-order valence-corrected chi connectivity index (χ1v) is 7.72. The van der Waals surface area contributed by atoms with Crippen LogP contribution >= 0.6 is 0 Å². The van der Waals surface area contributed by atoms with E-state index in [1.807, 2.05) is 7.11 Å². The summed E-state index contributed by atoms with van der Waals surface area (Å²) in [6, 6.07) is 9.14. The molecule has 3 heteroatoms. The summed E-state index contributed by atoms with van der Waals surface area (Å²) in [6.45, 7) is 5.70. The highest BCUT2D eigenvalue weighted by molar-refractivity contribution is 5.28. The van der Waals surface area contributed by atoms with E-state index in [2.05, 4.69) is 48.5 Å². The zero-order valence-corrected chi connectivity index (χ0v) is 13.1. The second-order valence-electron chi connectivity index (χ2n) is 5.76. The number of nitrogens with zero attached hydrogens (tertiary/aromatic N) is 1. The average Bonchev–Trinajstić information content (AvgIpc) is 2.50. The molecule has 1 atom stereocenters. The van der Waals surface area contributed by atoms with Crippen LogP contribution < -0.4 is 5.32 Å². The normalized spacial score (nSPS) is 19.1. The Bertz CT molecular complexity index is 400. The van der Waals surface area contributed by atoms with Crippen molar-refractivity contribution in [2.24, 2.45) is 0 Å². The second kappa shape index (κ2) is 7.77. The van der Waals surface area contributed by atoms with E-state index in [0.29, 0.717) is 12.1 Å². The molecule has 1 unspecified atom stereocenters. The number of benzene rings is 1. The molecule has 112 valence electrons. The fourth-order valence-corrected chi connectivity index (χ4v) is 3.11. The molecule has 0 aliphatic carbocycles. The predicted octanol–water partition coefficient (Wildman–Crippen LogP) is 2.76. The molecule has 1 heterocycles. The second-order valence-corrected chi connectivity index (χ2v) is 5.76. The van der Waals surface area contributed by atoms with Crippen LogP contribution in [0.4, 0.5) is 0 Å². The maximum Gasteiger partial charge on any atom is 0.0595 e. The molecule has 0 amide bonds. The number of ether oxygens (including phenoxy) is 1. The summed E-state index contributed by atoms with van der Waals surface area (Å²) in [6.07, 6.45) is 3.98. The average molecular weight is 276 g/mol. The third-order valence-corrected chi connectivity index (χ3v) is 4.51. The molecule has 0 saturated carbocycles. The highest BCUT2D eigenvalue weighted by Crippen LogP contribution is 2.21. The SMILES string of the molecule is CNC(CCN1CCC(OC)CC1)c1ccccc1C. The molecule has 1 saturated heterocycles. The molecule has 0 aromatic heterocycles. The lowest BCUT2D eigenvalue weighted by atomic mass is 9.98. The Morgan fingerprint density at radius 2 is 2.00 bits per heavy atom. The first kappa shape index (κ1) is 15.5. The molecule has 1 fully saturated rings. The number of hydrogen-bond acceptors (Lipinski definition) is 3. The van der Waals surface area contributed by atoms with Gasteiger partial charge in [0.05, 0.1) is 6.10 Å². The molecule has 2 rings (SSSR count). The van der Waals surface area contributed by atoms with Gasteiger partial charge in [0.15, 0.2) is 0 Å². The van der Waals surface area contributed by atoms with Gasteiger partial charge in [0.2, 0.25) is 0 Å². The van der Waals surface area contributed by atoms with Gasteiger partial charge >= 0.3 is 0 Å². The number of methoxy groups -OCH3 is 1. The van der Waals surface area contributed by atoms with Crippen LogP contribution in [0, 0.1) is 6.92 Å². The molecule has 1 aromatic rings. The number of likely N-dealkylation sites (tertiary alicyclic amines) is 1. The van der Waals surface area contributed by atoms with E-state index < -0.39 is 0 Å². The van der Waals surface area contributed by atoms with Crippen LogP contribution in [-0.4, -0.2) is 44.8 Å². The molecule has 0 bridgehead atoms. The Balaban J connectivity index is 1.84. The molecule has 1 aliphatic rings. The number of nitrogens with one attached hydrogen (secondary N) is 1. The Morgan fingerprint density at radius 3 is 2.60 bits per heavy atom. The van der Waals surface area contributed by atoms with Crippen molar-refractivity contribution in [3.63, 3.8) is 0 Å². The monoisotopic (exact) mass is 276 g/mol. The fourth-order valence-electron chi connectivity index (χ4n) is 3.11. The summed E-state index contributed by atoms with van der Waals surface area (Å²) in [5, 5.41) is 3.47. The smallest absolute Gasteiger partial charge is 0.0595 e. The lowest BCUT2D eigenvalue weighted by molar-refractivity contribution is 0.0401. The zero-order chi connectivity index (χ0) is 14.4. The highest BCUT2D eigenvalue weighted by Gasteiger charge is 2.20. The van der Waals surface area contributed by atoms with E-state index in [1.54, 1.807) is 0 Å². The van der Waals surface area contributed by atoms with Gasteiger partial charge in [-0.15, -0.1) is 0 Å². The molecular weight excluding hydrogens is 248 g/mol. The topological polar surface area (TPSA) is 24.5 Å². The first-order chi connectivity index (χ1) is 9.74. The van der Waals surface area contributed by atoms with Crippen molar-refractivity contribution in [1.82, 2.24) is 10.2 Å². The minimum absolute atomic E-state index is 0.455. The van der Waals surface area contributed by atoms with E-state index >= 15 is 0 Å². The zero-order valence-electron chi connectivity index (χ0n) is 13.1. The lowest BCUT2D eigenvalue weighted by Gasteiger charge is -2.32. The Kier molecular flexibility index (Phi) is 6.02. The van der Waals surface area contributed by atoms with Gasteiger partial charge in [0.25, 0.3) is 0 Å². The Hall–Kier alpha value is -0.900. The molecule has 0 spiro atoms. The minimum Gasteiger partial charge on any atom is -0.381 e. The van der Waals surface area contributed by atoms with Crippen LogP contribution in [-0.2, 0) is 4.74 Å². The number of rotatable bonds is 6. The third kappa shape index (κ3) is 4.05. The summed E-state index contributed by atoms with van der Waals surface area (Å²) < 4.78 is 5.43. The van der Waals surface area contributed by atoms with Crippen molar-refractivity contribution in [3.8, 4) is 0 Å². The standard InChI is InChI=1S/C17H28N2O/c1-14-6-4-5-7-16(14)17(18-2)10-13-19-11-8-15(20-3)9-12-19/h4-7,15,17-18H,8-13H2,1-3H3. The van der Waals surface area contributed by atoms with Gasteiger partial charge in [-0.2, -0.15) is 0 Å². The summed E-state index contributed by atoms with van der Waals surface area (Å²) in [5.74, 6) is 0. The summed E-state index contributed by atoms with van der Waals surface area (Å²) in [5.41, 5.74) is 2.81. The molecule has 20 heavy (non-hydrogen) atoms. The summed E-state index contributed by atoms with van der Waals surface area (Å²) in [4.78, 5) is 2.57. The fraction of sp³-hybridized carbons (Fsp3) is 0.647. The van der Waals surface area contributed by atoms with E-state index in [9.17, 15) is 0 Å². The first-order valence-electron chi connectivity index (χ1n) is 7.72. The van der Waals surface area contributed by atoms with Crippen LogP contribution in [0.5, 0.6) is 0 Å². The van der Waals surface area contributed by atoms with Crippen molar-refractivity contribution < 1.29 is 4.74 Å². The van der Waals surface area contributed by atoms with Crippen LogP contribution in [0.3, 0.4) is 0 Å². The van der Waals surface area contributed by atoms with Crippen molar-refractivity contribution in [1.29, 1.82) is 0 Å². The largest absolute Gasteiger partial charge is 0.381 e. The van der Waals surface area contributed by atoms with E-state index in [-0.39, 0.29) is 0 Å². The van der Waals surface area contributed by atoms with Crippen LogP contribution in [0.1, 0.15) is 36.4 Å². The van der Waals surface area contributed by atoms with Gasteiger partial charge in [-0.05, 0) is 50.9 Å². The van der Waals surface area contributed by atoms with Gasteiger partial charge in [-0.1, -0.05) is 24.3 Å². The van der Waals surface area contributed by atoms with Gasteiger partial charge < -0.3 is 15.0 Å². The van der Waals surface area contributed by atoms with Gasteiger partial charge in [-0.25, -0.2) is 0 Å². The minimum atomic E-state index is 0.455. The highest BCUT2D eigenvalue weighted by atomic mass is 16.5. The maximum absolute atomic E-state index is 5.43. The van der Waals surface area contributed by atoms with Crippen LogP contribution in [0.15, 0.2) is 24.3 Å². The number of aryl methyl sites for hydroxylation is 1. The summed E-state index contributed by atoms with van der Waals surface area (Å²) >= 11 is 0. The van der Waals surface area contributed by atoms with Crippen molar-refractivity contribution >= 4 is 0 Å². The molecular formula is C17H28N2O. The van der Waals surface area contributed by atoms with Crippen LogP contribution in [0.2, 0.25) is 0 Å². The Labute approximate surface area is 123 Å². The van der Waals surface area contributed by atoms with Gasteiger partial charge in [-0.3, -0.25) is 0 Å². The third-order valence-electron chi connectivity index (χ3n) is 4.51. The van der Waals surface area contributed by atoms with E-state index in [0.717, 1.165) is 6.54 Å². The van der Waals surface area contributed by atoms with Gasteiger partial charge in [0, 0.05) is 26.2 Å². The predicted molar refractivity (Wildman–Crippen MR) is 84.1 cm³/mol. The van der Waals surface area contributed by atoms with E-state index in [1.165, 1.54) is 43.5 Å². The van der Waals surface area contributed by atoms with Crippen molar-refractivity contribution in [3.05, 3.63) is 35.4 Å². The van der Waals surface area contributed by atoms with Crippen molar-refractivity contribution in [2.45, 2.75) is 38.3 Å². The summed E-state index contributed by atoms with van der Waals surface area (Å²) in [7, 11) is 3.89. The quantitative estimate of drug-likeness (QED) is 0.864. The lowest BCUT2D eigenvalue weighted by Crippen LogP contribution is -2.38. The molecule has 0 radical (unpaired) electrons. The van der Waals surface area contributed by atoms with Gasteiger partial charge in [0.1, 0.15) is 0 Å². The Morgan fingerprint density at radius 1 is 1.30 bits per heavy atom. The molecule has 1 aliphatic heterocycles. The van der Waals surface area contributed by atoms with E-state index in [4.69, 9.17) is 4.74 Å². The molecule has 1 N–H and O–H groups in total.